The highest BCUT2D eigenvalue weighted by Crippen LogP contribution is 2.38. The van der Waals surface area contributed by atoms with Crippen molar-refractivity contribution >= 4 is 11.8 Å². The van der Waals surface area contributed by atoms with E-state index in [9.17, 15) is 4.39 Å². The molecule has 0 bridgehead atoms. The number of ether oxygens (including phenoxy) is 2. The van der Waals surface area contributed by atoms with Gasteiger partial charge in [0.2, 0.25) is 0 Å². The van der Waals surface area contributed by atoms with Crippen LogP contribution >= 0.6 is 11.8 Å². The van der Waals surface area contributed by atoms with Crippen molar-refractivity contribution in [2.24, 2.45) is 0 Å². The van der Waals surface area contributed by atoms with E-state index < -0.39 is 0 Å². The average molecular weight is 296 g/mol. The van der Waals surface area contributed by atoms with E-state index in [1.54, 1.807) is 19.1 Å². The predicted octanol–water partition coefficient (Wildman–Crippen LogP) is 3.96. The zero-order valence-electron chi connectivity index (χ0n) is 11.9. The van der Waals surface area contributed by atoms with Crippen LogP contribution in [0, 0.1) is 12.7 Å². The quantitative estimate of drug-likeness (QED) is 0.823. The van der Waals surface area contributed by atoms with Gasteiger partial charge in [-0.3, -0.25) is 0 Å². The third kappa shape index (κ3) is 2.96. The van der Waals surface area contributed by atoms with Crippen molar-refractivity contribution in [1.82, 2.24) is 0 Å². The van der Waals surface area contributed by atoms with Crippen LogP contribution in [0.3, 0.4) is 0 Å². The summed E-state index contributed by atoms with van der Waals surface area (Å²) in [5, 5.41) is 0. The highest BCUT2D eigenvalue weighted by atomic mass is 32.2. The summed E-state index contributed by atoms with van der Waals surface area (Å²) in [7, 11) is 0. The Bertz CT molecular complexity index is 466. The van der Waals surface area contributed by atoms with Gasteiger partial charge in [-0.05, 0) is 42.9 Å². The van der Waals surface area contributed by atoms with Gasteiger partial charge in [-0.15, -0.1) is 0 Å². The Balaban J connectivity index is 1.69. The maximum atomic E-state index is 14.0. The highest BCUT2D eigenvalue weighted by Gasteiger charge is 2.39. The molecular weight excluding hydrogens is 275 g/mol. The Morgan fingerprint density at radius 3 is 2.95 bits per heavy atom. The highest BCUT2D eigenvalue weighted by molar-refractivity contribution is 7.99. The van der Waals surface area contributed by atoms with Crippen molar-refractivity contribution in [1.29, 1.82) is 0 Å². The summed E-state index contributed by atoms with van der Waals surface area (Å²) >= 11 is 1.99. The molecule has 2 aliphatic rings. The number of benzene rings is 1. The van der Waals surface area contributed by atoms with Gasteiger partial charge < -0.3 is 9.47 Å². The lowest BCUT2D eigenvalue weighted by Crippen LogP contribution is -2.46. The molecule has 0 saturated carbocycles. The molecule has 0 aromatic heterocycles. The minimum atomic E-state index is -0.229. The number of aryl methyl sites for hydroxylation is 1. The molecule has 3 rings (SSSR count). The molecule has 0 radical (unpaired) electrons. The standard InChI is InChI=1S/C16H21FO2S/c1-12-3-2-4-14(15(12)17)19-13-5-8-18-16(11-13)6-9-20-10-7-16/h2-4,13H,5-11H2,1H3. The van der Waals surface area contributed by atoms with E-state index in [0.29, 0.717) is 11.3 Å². The Hall–Kier alpha value is -0.740. The fourth-order valence-electron chi connectivity index (χ4n) is 3.07. The van der Waals surface area contributed by atoms with Crippen LogP contribution in [0.15, 0.2) is 18.2 Å². The SMILES string of the molecule is Cc1cccc(OC2CCOC3(CCSCC3)C2)c1F. The first-order valence-electron chi connectivity index (χ1n) is 7.32. The third-order valence-electron chi connectivity index (χ3n) is 4.30. The second-order valence-electron chi connectivity index (χ2n) is 5.76. The summed E-state index contributed by atoms with van der Waals surface area (Å²) in [4.78, 5) is 0. The van der Waals surface area contributed by atoms with E-state index in [-0.39, 0.29) is 17.5 Å². The summed E-state index contributed by atoms with van der Waals surface area (Å²) in [6.07, 6.45) is 3.99. The molecule has 2 fully saturated rings. The first-order valence-corrected chi connectivity index (χ1v) is 8.47. The summed E-state index contributed by atoms with van der Waals surface area (Å²) in [5.41, 5.74) is 0.618. The van der Waals surface area contributed by atoms with Crippen LogP contribution < -0.4 is 4.74 Å². The summed E-state index contributed by atoms with van der Waals surface area (Å²) in [6, 6.07) is 5.34. The van der Waals surface area contributed by atoms with Crippen LogP contribution in [0.4, 0.5) is 4.39 Å². The van der Waals surface area contributed by atoms with Crippen LogP contribution in [0.5, 0.6) is 5.75 Å². The Morgan fingerprint density at radius 1 is 1.35 bits per heavy atom. The second-order valence-corrected chi connectivity index (χ2v) is 6.99. The first kappa shape index (κ1) is 14.2. The topological polar surface area (TPSA) is 18.5 Å². The van der Waals surface area contributed by atoms with Crippen LogP contribution in [-0.4, -0.2) is 29.8 Å². The zero-order chi connectivity index (χ0) is 14.0. The fraction of sp³-hybridized carbons (Fsp3) is 0.625. The molecule has 1 aromatic carbocycles. The Morgan fingerprint density at radius 2 is 2.15 bits per heavy atom. The van der Waals surface area contributed by atoms with Crippen molar-refractivity contribution in [3.05, 3.63) is 29.6 Å². The molecular formula is C16H21FO2S. The third-order valence-corrected chi connectivity index (χ3v) is 5.29. The monoisotopic (exact) mass is 296 g/mol. The van der Waals surface area contributed by atoms with E-state index in [0.717, 1.165) is 43.8 Å². The average Bonchev–Trinajstić information content (AvgIpc) is 2.45. The van der Waals surface area contributed by atoms with Crippen LogP contribution in [-0.2, 0) is 4.74 Å². The molecule has 2 heterocycles. The minimum absolute atomic E-state index is 0.0194. The van der Waals surface area contributed by atoms with Crippen LogP contribution in [0.2, 0.25) is 0 Å². The molecule has 1 spiro atoms. The molecule has 1 aromatic rings. The van der Waals surface area contributed by atoms with Crippen molar-refractivity contribution in [3.63, 3.8) is 0 Å². The molecule has 1 unspecified atom stereocenters. The van der Waals surface area contributed by atoms with E-state index in [2.05, 4.69) is 0 Å². The first-order chi connectivity index (χ1) is 9.69. The maximum Gasteiger partial charge on any atom is 0.167 e. The van der Waals surface area contributed by atoms with Gasteiger partial charge in [0.25, 0.3) is 0 Å². The Kier molecular flexibility index (Phi) is 4.22. The van der Waals surface area contributed by atoms with Crippen LogP contribution in [0.1, 0.15) is 31.2 Å². The van der Waals surface area contributed by atoms with Gasteiger partial charge in [0.15, 0.2) is 11.6 Å². The normalized spacial score (nSPS) is 25.6. The van der Waals surface area contributed by atoms with Crippen molar-refractivity contribution in [2.45, 2.75) is 44.3 Å². The molecule has 4 heteroatoms. The number of thioether (sulfide) groups is 1. The Labute approximate surface area is 124 Å². The molecule has 2 aliphatic heterocycles. The van der Waals surface area contributed by atoms with Crippen molar-refractivity contribution in [2.75, 3.05) is 18.1 Å². The number of halogens is 1. The molecule has 0 N–H and O–H groups in total. The minimum Gasteiger partial charge on any atom is -0.487 e. The molecule has 1 atom stereocenters. The molecule has 2 nitrogen and oxygen atoms in total. The number of rotatable bonds is 2. The zero-order valence-corrected chi connectivity index (χ0v) is 12.7. The molecule has 110 valence electrons. The number of hydrogen-bond acceptors (Lipinski definition) is 3. The van der Waals surface area contributed by atoms with Gasteiger partial charge in [0.1, 0.15) is 6.10 Å². The van der Waals surface area contributed by atoms with Gasteiger partial charge in [0.05, 0.1) is 12.2 Å². The lowest BCUT2D eigenvalue weighted by Gasteiger charge is -2.43. The number of hydrogen-bond donors (Lipinski definition) is 0. The van der Waals surface area contributed by atoms with E-state index >= 15 is 0 Å². The van der Waals surface area contributed by atoms with E-state index in [4.69, 9.17) is 9.47 Å². The second kappa shape index (κ2) is 5.94. The van der Waals surface area contributed by atoms with Gasteiger partial charge in [0, 0.05) is 12.8 Å². The summed E-state index contributed by atoms with van der Waals surface area (Å²) < 4.78 is 26.0. The molecule has 0 amide bonds. The summed E-state index contributed by atoms with van der Waals surface area (Å²) in [6.45, 7) is 2.49. The smallest absolute Gasteiger partial charge is 0.167 e. The van der Waals surface area contributed by atoms with E-state index in [1.807, 2.05) is 17.8 Å². The maximum absolute atomic E-state index is 14.0. The van der Waals surface area contributed by atoms with E-state index in [1.165, 1.54) is 0 Å². The van der Waals surface area contributed by atoms with Gasteiger partial charge in [-0.25, -0.2) is 4.39 Å². The lowest BCUT2D eigenvalue weighted by molar-refractivity contribution is -0.116. The molecule has 2 saturated heterocycles. The predicted molar refractivity (Wildman–Crippen MR) is 80.0 cm³/mol. The molecule has 0 aliphatic carbocycles. The molecule has 20 heavy (non-hydrogen) atoms. The van der Waals surface area contributed by atoms with Gasteiger partial charge in [-0.2, -0.15) is 11.8 Å². The van der Waals surface area contributed by atoms with Gasteiger partial charge >= 0.3 is 0 Å². The van der Waals surface area contributed by atoms with Crippen LogP contribution in [0.25, 0.3) is 0 Å². The van der Waals surface area contributed by atoms with Crippen molar-refractivity contribution < 1.29 is 13.9 Å². The largest absolute Gasteiger partial charge is 0.487 e. The fourth-order valence-corrected chi connectivity index (χ4v) is 4.30. The summed E-state index contributed by atoms with van der Waals surface area (Å²) in [5.74, 6) is 2.47. The van der Waals surface area contributed by atoms with Gasteiger partial charge in [-0.1, -0.05) is 12.1 Å². The lowest BCUT2D eigenvalue weighted by atomic mass is 9.86. The van der Waals surface area contributed by atoms with Crippen molar-refractivity contribution in [3.8, 4) is 5.75 Å².